The van der Waals surface area contributed by atoms with Gasteiger partial charge >= 0.3 is 16.2 Å². The van der Waals surface area contributed by atoms with E-state index in [2.05, 4.69) is 10.3 Å². The highest BCUT2D eigenvalue weighted by Crippen LogP contribution is 2.26. The lowest BCUT2D eigenvalue weighted by Gasteiger charge is -2.24. The van der Waals surface area contributed by atoms with Crippen LogP contribution in [0.5, 0.6) is 0 Å². The highest BCUT2D eigenvalue weighted by Gasteiger charge is 2.23. The lowest BCUT2D eigenvalue weighted by atomic mass is 9.96. The minimum Gasteiger partial charge on any atom is -0.477 e. The van der Waals surface area contributed by atoms with Crippen molar-refractivity contribution in [2.75, 3.05) is 13.1 Å². The van der Waals surface area contributed by atoms with Gasteiger partial charge in [-0.25, -0.2) is 18.9 Å². The van der Waals surface area contributed by atoms with E-state index in [-0.39, 0.29) is 17.0 Å². The summed E-state index contributed by atoms with van der Waals surface area (Å²) in [7, 11) is -4.27. The van der Waals surface area contributed by atoms with Crippen LogP contribution in [0.25, 0.3) is 11.1 Å². The monoisotopic (exact) mass is 420 g/mol. The molecule has 3 rings (SSSR count). The number of carbonyl (C=O) groups is 2. The molecule has 1 saturated heterocycles. The normalized spacial score (nSPS) is 20.1. The predicted molar refractivity (Wildman–Crippen MR) is 105 cm³/mol. The molecular formula is C18H20N4O6S. The summed E-state index contributed by atoms with van der Waals surface area (Å²) in [6.07, 6.45) is 2.59. The number of carboxylic acids is 1. The van der Waals surface area contributed by atoms with Crippen molar-refractivity contribution in [3.63, 3.8) is 0 Å². The zero-order valence-electron chi connectivity index (χ0n) is 15.2. The number of rotatable bonds is 5. The van der Waals surface area contributed by atoms with Gasteiger partial charge in [-0.2, -0.15) is 8.42 Å². The Hall–Kier alpha value is -2.86. The van der Waals surface area contributed by atoms with Gasteiger partial charge in [-0.05, 0) is 36.7 Å². The SMILES string of the molecule is NS(=O)(=O)n1ccc(-c2ccc(C(=O)/N=C/C3CCNC[C@H]3O)cc2)c1C(=O)O. The molecule has 5 N–H and O–H groups in total. The Balaban J connectivity index is 1.83. The van der Waals surface area contributed by atoms with Crippen LogP contribution in [0.4, 0.5) is 0 Å². The van der Waals surface area contributed by atoms with Gasteiger partial charge in [-0.15, -0.1) is 0 Å². The first-order valence-corrected chi connectivity index (χ1v) is 10.2. The van der Waals surface area contributed by atoms with Crippen LogP contribution in [0.1, 0.15) is 27.3 Å². The number of nitrogens with zero attached hydrogens (tertiary/aromatic N) is 2. The van der Waals surface area contributed by atoms with E-state index in [1.807, 2.05) is 0 Å². The number of nitrogens with two attached hydrogens (primary N) is 1. The molecule has 1 unspecified atom stereocenters. The summed E-state index contributed by atoms with van der Waals surface area (Å²) in [5.41, 5.74) is 0.326. The van der Waals surface area contributed by atoms with Crippen molar-refractivity contribution in [1.29, 1.82) is 0 Å². The molecule has 1 aromatic heterocycles. The Morgan fingerprint density at radius 3 is 2.52 bits per heavy atom. The fourth-order valence-electron chi connectivity index (χ4n) is 3.14. The van der Waals surface area contributed by atoms with Crippen LogP contribution in [0.15, 0.2) is 41.5 Å². The molecule has 154 valence electrons. The summed E-state index contributed by atoms with van der Waals surface area (Å²) < 4.78 is 23.6. The number of carbonyl (C=O) groups excluding carboxylic acids is 1. The number of aliphatic imine (C=N–C) groups is 1. The molecule has 0 saturated carbocycles. The van der Waals surface area contributed by atoms with Gasteiger partial charge in [0.05, 0.1) is 6.10 Å². The Morgan fingerprint density at radius 1 is 1.24 bits per heavy atom. The van der Waals surface area contributed by atoms with Crippen molar-refractivity contribution < 1.29 is 28.2 Å². The van der Waals surface area contributed by atoms with Crippen LogP contribution < -0.4 is 10.5 Å². The first-order valence-electron chi connectivity index (χ1n) is 8.74. The second-order valence-corrected chi connectivity index (χ2v) is 8.03. The first kappa shape index (κ1) is 20.9. The average molecular weight is 420 g/mol. The molecule has 10 nitrogen and oxygen atoms in total. The number of nitrogens with one attached hydrogen (secondary N) is 1. The van der Waals surface area contributed by atoms with Gasteiger partial charge in [-0.1, -0.05) is 12.1 Å². The van der Waals surface area contributed by atoms with Gasteiger partial charge in [0.15, 0.2) is 5.69 Å². The number of piperidine rings is 1. The summed E-state index contributed by atoms with van der Waals surface area (Å²) in [5, 5.41) is 27.3. The molecule has 0 bridgehead atoms. The third kappa shape index (κ3) is 4.59. The summed E-state index contributed by atoms with van der Waals surface area (Å²) >= 11 is 0. The van der Waals surface area contributed by atoms with Gasteiger partial charge in [0, 0.05) is 36.0 Å². The maximum absolute atomic E-state index is 12.3. The molecule has 1 aliphatic rings. The van der Waals surface area contributed by atoms with Crippen molar-refractivity contribution in [3.8, 4) is 11.1 Å². The molecule has 2 heterocycles. The summed E-state index contributed by atoms with van der Waals surface area (Å²) in [6, 6.07) is 7.25. The van der Waals surface area contributed by atoms with Gasteiger partial charge in [0.25, 0.3) is 5.91 Å². The molecule has 0 radical (unpaired) electrons. The van der Waals surface area contributed by atoms with E-state index in [9.17, 15) is 28.2 Å². The van der Waals surface area contributed by atoms with Crippen molar-refractivity contribution >= 4 is 28.3 Å². The third-order valence-corrected chi connectivity index (χ3v) is 5.51. The van der Waals surface area contributed by atoms with Gasteiger partial charge in [-0.3, -0.25) is 4.79 Å². The fraction of sp³-hybridized carbons (Fsp3) is 0.278. The van der Waals surface area contributed by atoms with E-state index in [1.165, 1.54) is 36.5 Å². The van der Waals surface area contributed by atoms with Crippen LogP contribution in [-0.2, 0) is 10.2 Å². The van der Waals surface area contributed by atoms with Crippen molar-refractivity contribution in [3.05, 3.63) is 47.8 Å². The second kappa shape index (κ2) is 8.25. The van der Waals surface area contributed by atoms with E-state index < -0.39 is 33.9 Å². The van der Waals surface area contributed by atoms with Gasteiger partial charge < -0.3 is 15.5 Å². The molecule has 1 amide bonds. The largest absolute Gasteiger partial charge is 0.477 e. The van der Waals surface area contributed by atoms with E-state index in [4.69, 9.17) is 5.14 Å². The van der Waals surface area contributed by atoms with Crippen LogP contribution in [0.3, 0.4) is 0 Å². The molecule has 11 heteroatoms. The number of benzene rings is 1. The second-order valence-electron chi connectivity index (χ2n) is 6.61. The van der Waals surface area contributed by atoms with Crippen LogP contribution >= 0.6 is 0 Å². The van der Waals surface area contributed by atoms with Crippen LogP contribution in [-0.4, -0.2) is 59.9 Å². The maximum atomic E-state index is 12.3. The molecule has 1 aromatic carbocycles. The number of aromatic nitrogens is 1. The highest BCUT2D eigenvalue weighted by molar-refractivity contribution is 7.87. The minimum absolute atomic E-state index is 0.145. The highest BCUT2D eigenvalue weighted by atomic mass is 32.2. The smallest absolute Gasteiger partial charge is 0.354 e. The van der Waals surface area contributed by atoms with Crippen molar-refractivity contribution in [2.24, 2.45) is 16.0 Å². The first-order chi connectivity index (χ1) is 13.7. The molecule has 0 aliphatic carbocycles. The summed E-state index contributed by atoms with van der Waals surface area (Å²) in [4.78, 5) is 27.7. The molecular weight excluding hydrogens is 400 g/mol. The number of amides is 1. The minimum atomic E-state index is -4.27. The molecule has 2 aromatic rings. The molecule has 0 spiro atoms. The number of carboxylic acid groups (broad SMARTS) is 1. The topological polar surface area (TPSA) is 164 Å². The Bertz CT molecular complexity index is 1060. The number of hydrogen-bond donors (Lipinski definition) is 4. The number of β-amino-alcohol motifs (C(OH)–C–C–N with tert-alkyl or cyclic N) is 1. The van der Waals surface area contributed by atoms with Crippen LogP contribution in [0.2, 0.25) is 0 Å². The van der Waals surface area contributed by atoms with Gasteiger partial charge in [0.2, 0.25) is 0 Å². The third-order valence-electron chi connectivity index (χ3n) is 4.66. The number of hydrogen-bond acceptors (Lipinski definition) is 6. The lowest BCUT2D eigenvalue weighted by molar-refractivity contribution is 0.0689. The van der Waals surface area contributed by atoms with E-state index in [0.717, 1.165) is 12.7 Å². The number of aliphatic hydroxyl groups excluding tert-OH is 1. The fourth-order valence-corrected chi connectivity index (χ4v) is 3.80. The van der Waals surface area contributed by atoms with E-state index in [0.29, 0.717) is 22.5 Å². The molecule has 2 atom stereocenters. The Morgan fingerprint density at radius 2 is 1.93 bits per heavy atom. The van der Waals surface area contributed by atoms with Gasteiger partial charge in [0.1, 0.15) is 0 Å². The maximum Gasteiger partial charge on any atom is 0.354 e. The van der Waals surface area contributed by atoms with Crippen LogP contribution in [0, 0.1) is 5.92 Å². The molecule has 29 heavy (non-hydrogen) atoms. The zero-order chi connectivity index (χ0) is 21.2. The predicted octanol–water partition coefficient (Wildman–Crippen LogP) is 0.0863. The standard InChI is InChI=1S/C18H20N4O6S/c19-29(27,28)22-8-6-14(16(22)18(25)26)11-1-3-12(4-2-11)17(24)21-9-13-5-7-20-10-15(13)23/h1-4,6,8-9,13,15,20,23H,5,7,10H2,(H,25,26)(H2,19,27,28)/b21-9+/t13?,15-/m1/s1. The average Bonchev–Trinajstić information content (AvgIpc) is 3.13. The number of aromatic carboxylic acids is 1. The molecule has 1 fully saturated rings. The van der Waals surface area contributed by atoms with Crippen molar-refractivity contribution in [1.82, 2.24) is 9.29 Å². The Kier molecular flexibility index (Phi) is 5.94. The number of aliphatic hydroxyl groups is 1. The van der Waals surface area contributed by atoms with Crippen molar-refractivity contribution in [2.45, 2.75) is 12.5 Å². The van der Waals surface area contributed by atoms with E-state index >= 15 is 0 Å². The summed E-state index contributed by atoms with van der Waals surface area (Å²) in [6.45, 7) is 1.18. The lowest BCUT2D eigenvalue weighted by Crippen LogP contribution is -2.41. The Labute approximate surface area is 166 Å². The summed E-state index contributed by atoms with van der Waals surface area (Å²) in [5.74, 6) is -2.15. The van der Waals surface area contributed by atoms with E-state index in [1.54, 1.807) is 0 Å². The zero-order valence-corrected chi connectivity index (χ0v) is 16.0. The molecule has 1 aliphatic heterocycles. The quantitative estimate of drug-likeness (QED) is 0.498.